The van der Waals surface area contributed by atoms with Gasteiger partial charge in [0.15, 0.2) is 16.3 Å². The van der Waals surface area contributed by atoms with Gasteiger partial charge >= 0.3 is 5.69 Å². The molecule has 3 aromatic rings. The van der Waals surface area contributed by atoms with Crippen molar-refractivity contribution < 1.29 is 0 Å². The third-order valence-electron chi connectivity index (χ3n) is 3.89. The lowest BCUT2D eigenvalue weighted by Crippen LogP contribution is -2.31. The standard InChI is InChI=1S/C16H20N6O2S/c1-3-5-9-22-13-12(14(23)20-16(22)24)21(4-2)11(19-13)10-25-15-17-7-6-8-18-15/h6-8H,3-5,9-10H2,1-2H3,(H,20,23,24). The fourth-order valence-electron chi connectivity index (χ4n) is 2.68. The summed E-state index contributed by atoms with van der Waals surface area (Å²) in [4.78, 5) is 39.9. The third kappa shape index (κ3) is 3.51. The van der Waals surface area contributed by atoms with E-state index < -0.39 is 11.2 Å². The molecule has 0 aliphatic heterocycles. The van der Waals surface area contributed by atoms with E-state index in [-0.39, 0.29) is 0 Å². The van der Waals surface area contributed by atoms with Gasteiger partial charge in [0.1, 0.15) is 5.82 Å². The first-order chi connectivity index (χ1) is 12.2. The summed E-state index contributed by atoms with van der Waals surface area (Å²) >= 11 is 1.45. The van der Waals surface area contributed by atoms with Gasteiger partial charge in [0.05, 0.1) is 5.75 Å². The Labute approximate surface area is 148 Å². The number of nitrogens with one attached hydrogen (secondary N) is 1. The van der Waals surface area contributed by atoms with Crippen molar-refractivity contribution in [3.05, 3.63) is 45.1 Å². The number of H-pyrrole nitrogens is 1. The molecule has 3 rings (SSSR count). The van der Waals surface area contributed by atoms with Crippen molar-refractivity contribution in [2.24, 2.45) is 0 Å². The van der Waals surface area contributed by atoms with Crippen LogP contribution in [0, 0.1) is 0 Å². The largest absolute Gasteiger partial charge is 0.330 e. The predicted molar refractivity (Wildman–Crippen MR) is 96.8 cm³/mol. The van der Waals surface area contributed by atoms with Crippen molar-refractivity contribution >= 4 is 22.9 Å². The molecule has 0 radical (unpaired) electrons. The summed E-state index contributed by atoms with van der Waals surface area (Å²) in [6, 6.07) is 1.76. The van der Waals surface area contributed by atoms with Crippen LogP contribution in [0.5, 0.6) is 0 Å². The molecule has 0 saturated carbocycles. The molecule has 132 valence electrons. The highest BCUT2D eigenvalue weighted by Crippen LogP contribution is 2.20. The number of aromatic amines is 1. The average Bonchev–Trinajstić information content (AvgIpc) is 2.99. The maximum Gasteiger partial charge on any atom is 0.330 e. The van der Waals surface area contributed by atoms with Crippen molar-refractivity contribution in [1.29, 1.82) is 0 Å². The summed E-state index contributed by atoms with van der Waals surface area (Å²) < 4.78 is 3.41. The molecule has 0 amide bonds. The van der Waals surface area contributed by atoms with Crippen LogP contribution < -0.4 is 11.2 Å². The summed E-state index contributed by atoms with van der Waals surface area (Å²) in [5, 5.41) is 0.648. The number of unbranched alkanes of at least 4 members (excludes halogenated alkanes) is 1. The molecule has 8 nitrogen and oxygen atoms in total. The molecule has 0 unspecified atom stereocenters. The molecular formula is C16H20N6O2S. The van der Waals surface area contributed by atoms with Gasteiger partial charge in [-0.3, -0.25) is 14.3 Å². The van der Waals surface area contributed by atoms with Crippen LogP contribution >= 0.6 is 11.8 Å². The minimum absolute atomic E-state index is 0.394. The first-order valence-corrected chi connectivity index (χ1v) is 9.26. The molecule has 0 aliphatic rings. The molecule has 3 heterocycles. The Bertz CT molecular complexity index is 976. The molecule has 3 aromatic heterocycles. The SMILES string of the molecule is CCCCn1c(=O)[nH]c(=O)c2c1nc(CSc1ncccn1)n2CC. The summed E-state index contributed by atoms with van der Waals surface area (Å²) in [5.74, 6) is 1.25. The van der Waals surface area contributed by atoms with Crippen LogP contribution in [-0.4, -0.2) is 29.1 Å². The zero-order chi connectivity index (χ0) is 17.8. The lowest BCUT2D eigenvalue weighted by molar-refractivity contribution is 0.613. The third-order valence-corrected chi connectivity index (χ3v) is 4.76. The first kappa shape index (κ1) is 17.4. The van der Waals surface area contributed by atoms with Gasteiger partial charge in [-0.25, -0.2) is 19.7 Å². The number of imidazole rings is 1. The van der Waals surface area contributed by atoms with E-state index in [1.54, 1.807) is 23.0 Å². The van der Waals surface area contributed by atoms with Gasteiger partial charge in [-0.15, -0.1) is 0 Å². The van der Waals surface area contributed by atoms with Gasteiger partial charge in [0, 0.05) is 25.5 Å². The molecule has 25 heavy (non-hydrogen) atoms. The maximum atomic E-state index is 12.3. The second kappa shape index (κ2) is 7.64. The Morgan fingerprint density at radius 3 is 2.60 bits per heavy atom. The fourth-order valence-corrected chi connectivity index (χ4v) is 3.43. The van der Waals surface area contributed by atoms with Crippen LogP contribution in [0.2, 0.25) is 0 Å². The Hall–Kier alpha value is -2.42. The lowest BCUT2D eigenvalue weighted by Gasteiger charge is -2.06. The molecule has 0 spiro atoms. The molecule has 0 aromatic carbocycles. The number of aryl methyl sites for hydroxylation is 2. The van der Waals surface area contributed by atoms with Crippen LogP contribution in [0.1, 0.15) is 32.5 Å². The quantitative estimate of drug-likeness (QED) is 0.509. The number of aromatic nitrogens is 6. The van der Waals surface area contributed by atoms with E-state index in [0.29, 0.717) is 35.2 Å². The zero-order valence-corrected chi connectivity index (χ0v) is 15.0. The zero-order valence-electron chi connectivity index (χ0n) is 14.2. The average molecular weight is 360 g/mol. The van der Waals surface area contributed by atoms with Crippen molar-refractivity contribution in [3.8, 4) is 0 Å². The number of fused-ring (bicyclic) bond motifs is 1. The van der Waals surface area contributed by atoms with Crippen LogP contribution in [0.4, 0.5) is 0 Å². The van der Waals surface area contributed by atoms with Gasteiger partial charge < -0.3 is 4.57 Å². The van der Waals surface area contributed by atoms with Gasteiger partial charge in [-0.2, -0.15) is 0 Å². The number of hydrogen-bond acceptors (Lipinski definition) is 6. The number of thioether (sulfide) groups is 1. The fraction of sp³-hybridized carbons (Fsp3) is 0.438. The maximum absolute atomic E-state index is 12.3. The highest BCUT2D eigenvalue weighted by molar-refractivity contribution is 7.98. The number of nitrogens with zero attached hydrogens (tertiary/aromatic N) is 5. The van der Waals surface area contributed by atoms with Gasteiger partial charge in [0.25, 0.3) is 5.56 Å². The number of hydrogen-bond donors (Lipinski definition) is 1. The molecular weight excluding hydrogens is 340 g/mol. The topological polar surface area (TPSA) is 98.5 Å². The van der Waals surface area contributed by atoms with Crippen molar-refractivity contribution in [3.63, 3.8) is 0 Å². The van der Waals surface area contributed by atoms with E-state index in [1.165, 1.54) is 11.8 Å². The monoisotopic (exact) mass is 360 g/mol. The van der Waals surface area contributed by atoms with Gasteiger partial charge in [-0.05, 0) is 19.4 Å². The van der Waals surface area contributed by atoms with E-state index in [9.17, 15) is 9.59 Å². The second-order valence-electron chi connectivity index (χ2n) is 5.53. The molecule has 1 N–H and O–H groups in total. The van der Waals surface area contributed by atoms with E-state index in [0.717, 1.165) is 18.7 Å². The minimum Gasteiger partial charge on any atom is -0.322 e. The van der Waals surface area contributed by atoms with E-state index in [2.05, 4.69) is 26.9 Å². The Balaban J connectivity index is 2.05. The normalized spacial score (nSPS) is 11.3. The highest BCUT2D eigenvalue weighted by atomic mass is 32.2. The smallest absolute Gasteiger partial charge is 0.322 e. The van der Waals surface area contributed by atoms with Crippen molar-refractivity contribution in [2.75, 3.05) is 0 Å². The van der Waals surface area contributed by atoms with Crippen molar-refractivity contribution in [1.82, 2.24) is 29.1 Å². The van der Waals surface area contributed by atoms with Crippen LogP contribution in [-0.2, 0) is 18.8 Å². The van der Waals surface area contributed by atoms with E-state index >= 15 is 0 Å². The summed E-state index contributed by atoms with van der Waals surface area (Å²) in [7, 11) is 0. The van der Waals surface area contributed by atoms with Crippen LogP contribution in [0.25, 0.3) is 11.2 Å². The van der Waals surface area contributed by atoms with Crippen LogP contribution in [0.3, 0.4) is 0 Å². The summed E-state index contributed by atoms with van der Waals surface area (Å²) in [6.45, 7) is 5.14. The highest BCUT2D eigenvalue weighted by Gasteiger charge is 2.17. The molecule has 0 fully saturated rings. The second-order valence-corrected chi connectivity index (χ2v) is 6.47. The predicted octanol–water partition coefficient (Wildman–Crippen LogP) is 1.79. The Morgan fingerprint density at radius 1 is 1.16 bits per heavy atom. The first-order valence-electron chi connectivity index (χ1n) is 8.27. The van der Waals surface area contributed by atoms with Crippen molar-refractivity contribution in [2.45, 2.75) is 50.7 Å². The number of rotatable bonds is 7. The van der Waals surface area contributed by atoms with Crippen LogP contribution in [0.15, 0.2) is 33.2 Å². The minimum atomic E-state index is -0.405. The van der Waals surface area contributed by atoms with Gasteiger partial charge in [0.2, 0.25) is 0 Å². The Kier molecular flexibility index (Phi) is 5.32. The molecule has 0 saturated heterocycles. The summed E-state index contributed by atoms with van der Waals surface area (Å²) in [5.41, 5.74) is 0.100. The molecule has 9 heteroatoms. The summed E-state index contributed by atoms with van der Waals surface area (Å²) in [6.07, 6.45) is 5.17. The van der Waals surface area contributed by atoms with E-state index in [1.807, 2.05) is 11.5 Å². The molecule has 0 aliphatic carbocycles. The van der Waals surface area contributed by atoms with Gasteiger partial charge in [-0.1, -0.05) is 25.1 Å². The van der Waals surface area contributed by atoms with E-state index in [4.69, 9.17) is 0 Å². The molecule has 0 bridgehead atoms. The Morgan fingerprint density at radius 2 is 1.92 bits per heavy atom. The molecule has 0 atom stereocenters. The lowest BCUT2D eigenvalue weighted by atomic mass is 10.3.